The van der Waals surface area contributed by atoms with Gasteiger partial charge in [-0.3, -0.25) is 5.32 Å². The van der Waals surface area contributed by atoms with Crippen LogP contribution in [-0.2, 0) is 13.0 Å². The first-order valence-electron chi connectivity index (χ1n) is 8.53. The SMILES string of the molecule is CC(C)Cc1cc(OC(=O)Nc2ncc(Cl)s2)n(Cc2cc(Cl)ccc2Cl)c1. The third-order valence-corrected chi connectivity index (χ3v) is 5.42. The van der Waals surface area contributed by atoms with Gasteiger partial charge in [-0.15, -0.1) is 0 Å². The Morgan fingerprint density at radius 1 is 1.29 bits per heavy atom. The molecule has 1 amide bonds. The molecule has 0 saturated heterocycles. The van der Waals surface area contributed by atoms with Crippen molar-refractivity contribution in [2.24, 2.45) is 5.92 Å². The van der Waals surface area contributed by atoms with Gasteiger partial charge in [-0.25, -0.2) is 9.78 Å². The first kappa shape index (κ1) is 21.0. The normalized spacial score (nSPS) is 11.1. The number of benzene rings is 1. The molecular weight excluding hydrogens is 441 g/mol. The molecule has 5 nitrogen and oxygen atoms in total. The first-order valence-corrected chi connectivity index (χ1v) is 10.5. The molecule has 3 rings (SSSR count). The number of hydrogen-bond donors (Lipinski definition) is 1. The van der Waals surface area contributed by atoms with E-state index in [4.69, 9.17) is 39.5 Å². The third kappa shape index (κ3) is 5.64. The van der Waals surface area contributed by atoms with E-state index in [9.17, 15) is 4.79 Å². The zero-order valence-corrected chi connectivity index (χ0v) is 18.3. The zero-order chi connectivity index (χ0) is 20.3. The molecule has 0 radical (unpaired) electrons. The summed E-state index contributed by atoms with van der Waals surface area (Å²) in [5, 5.41) is 4.13. The lowest BCUT2D eigenvalue weighted by Gasteiger charge is -2.11. The molecule has 0 unspecified atom stereocenters. The van der Waals surface area contributed by atoms with E-state index in [0.717, 1.165) is 28.9 Å². The second-order valence-corrected chi connectivity index (χ2v) is 9.14. The van der Waals surface area contributed by atoms with Crippen LogP contribution in [0.25, 0.3) is 0 Å². The van der Waals surface area contributed by atoms with Gasteiger partial charge in [0.25, 0.3) is 0 Å². The Bertz CT molecular complexity index is 985. The number of nitrogens with zero attached hydrogens (tertiary/aromatic N) is 2. The summed E-state index contributed by atoms with van der Waals surface area (Å²) in [4.78, 5) is 16.3. The van der Waals surface area contributed by atoms with E-state index in [1.165, 1.54) is 6.20 Å². The van der Waals surface area contributed by atoms with Crippen LogP contribution in [0, 0.1) is 5.92 Å². The molecule has 2 aromatic heterocycles. The van der Waals surface area contributed by atoms with E-state index in [-0.39, 0.29) is 0 Å². The second kappa shape index (κ2) is 9.18. The number of carbonyl (C=O) groups excluding carboxylic acids is 1. The topological polar surface area (TPSA) is 56.1 Å². The van der Waals surface area contributed by atoms with Crippen molar-refractivity contribution < 1.29 is 9.53 Å². The Labute approximate surface area is 182 Å². The van der Waals surface area contributed by atoms with Crippen LogP contribution in [0.5, 0.6) is 5.88 Å². The molecule has 0 aliphatic rings. The monoisotopic (exact) mass is 457 g/mol. The van der Waals surface area contributed by atoms with Crippen LogP contribution in [-0.4, -0.2) is 15.6 Å². The highest BCUT2D eigenvalue weighted by Crippen LogP contribution is 2.27. The maximum absolute atomic E-state index is 12.3. The summed E-state index contributed by atoms with van der Waals surface area (Å²) in [5.74, 6) is 0.872. The fourth-order valence-corrected chi connectivity index (χ4v) is 3.88. The van der Waals surface area contributed by atoms with Gasteiger partial charge in [0.15, 0.2) is 5.13 Å². The number of thiazole rings is 1. The summed E-state index contributed by atoms with van der Waals surface area (Å²) in [5.41, 5.74) is 1.89. The van der Waals surface area contributed by atoms with Crippen molar-refractivity contribution in [1.82, 2.24) is 9.55 Å². The van der Waals surface area contributed by atoms with Gasteiger partial charge >= 0.3 is 6.09 Å². The number of amides is 1. The molecule has 2 heterocycles. The molecule has 0 atom stereocenters. The molecule has 0 aliphatic heterocycles. The van der Waals surface area contributed by atoms with Gasteiger partial charge in [0, 0.05) is 22.3 Å². The largest absolute Gasteiger partial charge is 0.420 e. The molecule has 0 fully saturated rings. The van der Waals surface area contributed by atoms with Crippen LogP contribution < -0.4 is 10.1 Å². The number of ether oxygens (including phenoxy) is 1. The lowest BCUT2D eigenvalue weighted by molar-refractivity contribution is 0.211. The van der Waals surface area contributed by atoms with Gasteiger partial charge in [-0.2, -0.15) is 0 Å². The number of rotatable bonds is 6. The van der Waals surface area contributed by atoms with Gasteiger partial charge in [-0.1, -0.05) is 60.0 Å². The van der Waals surface area contributed by atoms with Gasteiger partial charge in [0.2, 0.25) is 5.88 Å². The van der Waals surface area contributed by atoms with E-state index >= 15 is 0 Å². The Hall–Kier alpha value is -1.73. The van der Waals surface area contributed by atoms with Gasteiger partial charge in [0.1, 0.15) is 4.34 Å². The smallest absolute Gasteiger partial charge is 0.393 e. The molecule has 1 aromatic carbocycles. The van der Waals surface area contributed by atoms with Crippen molar-refractivity contribution in [1.29, 1.82) is 0 Å². The minimum Gasteiger partial charge on any atom is -0.393 e. The van der Waals surface area contributed by atoms with E-state index in [1.54, 1.807) is 18.2 Å². The summed E-state index contributed by atoms with van der Waals surface area (Å²) in [6, 6.07) is 7.13. The summed E-state index contributed by atoms with van der Waals surface area (Å²) >= 11 is 19.4. The lowest BCUT2D eigenvalue weighted by Crippen LogP contribution is -2.18. The number of halogens is 3. The Kier molecular flexibility index (Phi) is 6.88. The molecule has 148 valence electrons. The molecule has 0 saturated carbocycles. The van der Waals surface area contributed by atoms with Gasteiger partial charge in [-0.05, 0) is 41.7 Å². The van der Waals surface area contributed by atoms with Crippen LogP contribution >= 0.6 is 46.1 Å². The van der Waals surface area contributed by atoms with E-state index in [2.05, 4.69) is 24.1 Å². The molecule has 0 aliphatic carbocycles. The second-order valence-electron chi connectivity index (χ2n) is 6.63. The Morgan fingerprint density at radius 2 is 2.07 bits per heavy atom. The quantitative estimate of drug-likeness (QED) is 0.444. The highest BCUT2D eigenvalue weighted by atomic mass is 35.5. The van der Waals surface area contributed by atoms with Crippen molar-refractivity contribution in [2.45, 2.75) is 26.8 Å². The molecule has 1 N–H and O–H groups in total. The summed E-state index contributed by atoms with van der Waals surface area (Å²) in [7, 11) is 0. The minimum atomic E-state index is -0.640. The van der Waals surface area contributed by atoms with Crippen LogP contribution in [0.1, 0.15) is 25.0 Å². The molecule has 0 bridgehead atoms. The highest BCUT2D eigenvalue weighted by molar-refractivity contribution is 7.19. The zero-order valence-electron chi connectivity index (χ0n) is 15.2. The summed E-state index contributed by atoms with van der Waals surface area (Å²) < 4.78 is 7.84. The van der Waals surface area contributed by atoms with Crippen LogP contribution in [0.15, 0.2) is 36.7 Å². The van der Waals surface area contributed by atoms with Gasteiger partial charge < -0.3 is 9.30 Å². The molecule has 3 aromatic rings. The van der Waals surface area contributed by atoms with Crippen molar-refractivity contribution in [3.05, 3.63) is 62.2 Å². The predicted molar refractivity (Wildman–Crippen MR) is 115 cm³/mol. The standard InChI is InChI=1S/C19H18Cl3N3O2S/c1-11(2)5-12-6-17(27-19(26)24-18-23-8-16(22)28-18)25(9-12)10-13-7-14(20)3-4-15(13)21/h3-4,6-9,11H,5,10H2,1-2H3,(H,23,24,26). The molecule has 9 heteroatoms. The van der Waals surface area contributed by atoms with E-state index in [1.807, 2.05) is 16.8 Å². The van der Waals surface area contributed by atoms with Gasteiger partial charge in [0.05, 0.1) is 12.7 Å². The lowest BCUT2D eigenvalue weighted by atomic mass is 10.1. The predicted octanol–water partition coefficient (Wildman–Crippen LogP) is 6.76. The van der Waals surface area contributed by atoms with Crippen molar-refractivity contribution in [3.63, 3.8) is 0 Å². The van der Waals surface area contributed by atoms with Crippen molar-refractivity contribution >= 4 is 57.4 Å². The third-order valence-electron chi connectivity index (χ3n) is 3.79. The number of carbonyl (C=O) groups is 1. The van der Waals surface area contributed by atoms with Crippen LogP contribution in [0.4, 0.5) is 9.93 Å². The van der Waals surface area contributed by atoms with Crippen molar-refractivity contribution in [3.8, 4) is 5.88 Å². The average molecular weight is 459 g/mol. The first-order chi connectivity index (χ1) is 13.3. The maximum Gasteiger partial charge on any atom is 0.420 e. The average Bonchev–Trinajstić information content (AvgIpc) is 3.16. The molecule has 28 heavy (non-hydrogen) atoms. The molecular formula is C19H18Cl3N3O2S. The fraction of sp³-hybridized carbons (Fsp3) is 0.263. The minimum absolute atomic E-state index is 0.369. The van der Waals surface area contributed by atoms with Crippen LogP contribution in [0.2, 0.25) is 14.4 Å². The van der Waals surface area contributed by atoms with E-state index < -0.39 is 6.09 Å². The Morgan fingerprint density at radius 3 is 2.75 bits per heavy atom. The highest BCUT2D eigenvalue weighted by Gasteiger charge is 2.15. The van der Waals surface area contributed by atoms with Crippen molar-refractivity contribution in [2.75, 3.05) is 5.32 Å². The van der Waals surface area contributed by atoms with Crippen LogP contribution in [0.3, 0.4) is 0 Å². The maximum atomic E-state index is 12.3. The summed E-state index contributed by atoms with van der Waals surface area (Å²) in [6.45, 7) is 4.68. The van der Waals surface area contributed by atoms with E-state index in [0.29, 0.717) is 37.9 Å². The fourth-order valence-electron chi connectivity index (χ4n) is 2.71. The summed E-state index contributed by atoms with van der Waals surface area (Å²) in [6.07, 6.45) is 3.64. The Balaban J connectivity index is 1.82. The number of nitrogens with one attached hydrogen (secondary N) is 1. The number of anilines is 1. The number of hydrogen-bond acceptors (Lipinski definition) is 4. The number of aromatic nitrogens is 2. The molecule has 0 spiro atoms.